The Morgan fingerprint density at radius 1 is 1.08 bits per heavy atom. The Balaban J connectivity index is 1.74. The van der Waals surface area contributed by atoms with Crippen LogP contribution in [-0.2, 0) is 14.3 Å². The lowest BCUT2D eigenvalue weighted by Gasteiger charge is -2.08. The van der Waals surface area contributed by atoms with Crippen LogP contribution >= 0.6 is 0 Å². The van der Waals surface area contributed by atoms with Gasteiger partial charge in [-0.1, -0.05) is 24.3 Å². The molecule has 0 saturated carbocycles. The van der Waals surface area contributed by atoms with Gasteiger partial charge >= 0.3 is 5.97 Å². The molecule has 0 aliphatic heterocycles. The van der Waals surface area contributed by atoms with E-state index < -0.39 is 36.8 Å². The lowest BCUT2D eigenvalue weighted by Crippen LogP contribution is -2.32. The molecule has 0 fully saturated rings. The molecule has 0 radical (unpaired) electrons. The molecule has 0 aliphatic carbocycles. The zero-order valence-corrected chi connectivity index (χ0v) is 13.5. The van der Waals surface area contributed by atoms with Gasteiger partial charge in [-0.05, 0) is 36.8 Å². The SMILES string of the molecule is Cc1cccc(NC(=O)COC(=O)CNC(=O)c2ccccc2F)c1. The van der Waals surface area contributed by atoms with Crippen LogP contribution in [0, 0.1) is 12.7 Å². The first-order valence-corrected chi connectivity index (χ1v) is 7.50. The number of nitrogens with one attached hydrogen (secondary N) is 2. The fraction of sp³-hybridized carbons (Fsp3) is 0.167. The molecule has 0 atom stereocenters. The number of aryl methyl sites for hydroxylation is 1. The lowest BCUT2D eigenvalue weighted by atomic mass is 10.2. The lowest BCUT2D eigenvalue weighted by molar-refractivity contribution is -0.146. The van der Waals surface area contributed by atoms with E-state index in [1.807, 2.05) is 13.0 Å². The predicted molar refractivity (Wildman–Crippen MR) is 89.5 cm³/mol. The van der Waals surface area contributed by atoms with Gasteiger partial charge in [-0.25, -0.2) is 4.39 Å². The van der Waals surface area contributed by atoms with E-state index in [1.165, 1.54) is 18.2 Å². The quantitative estimate of drug-likeness (QED) is 0.786. The molecule has 2 rings (SSSR count). The third kappa shape index (κ3) is 5.72. The van der Waals surface area contributed by atoms with Crippen LogP contribution in [0.2, 0.25) is 0 Å². The van der Waals surface area contributed by atoms with Gasteiger partial charge in [0.05, 0.1) is 5.56 Å². The maximum absolute atomic E-state index is 13.4. The Morgan fingerprint density at radius 3 is 2.56 bits per heavy atom. The van der Waals surface area contributed by atoms with Crippen LogP contribution in [0.5, 0.6) is 0 Å². The Hall–Kier alpha value is -3.22. The average molecular weight is 344 g/mol. The summed E-state index contributed by atoms with van der Waals surface area (Å²) in [6.45, 7) is 0.932. The van der Waals surface area contributed by atoms with Crippen LogP contribution in [0.15, 0.2) is 48.5 Å². The van der Waals surface area contributed by atoms with Crippen molar-refractivity contribution in [2.75, 3.05) is 18.5 Å². The second-order valence-corrected chi connectivity index (χ2v) is 5.24. The van der Waals surface area contributed by atoms with Gasteiger partial charge in [0, 0.05) is 5.69 Å². The summed E-state index contributed by atoms with van der Waals surface area (Å²) < 4.78 is 18.2. The highest BCUT2D eigenvalue weighted by molar-refractivity contribution is 5.96. The van der Waals surface area contributed by atoms with E-state index in [-0.39, 0.29) is 5.56 Å². The molecule has 0 saturated heterocycles. The van der Waals surface area contributed by atoms with Crippen molar-refractivity contribution in [3.63, 3.8) is 0 Å². The topological polar surface area (TPSA) is 84.5 Å². The predicted octanol–water partition coefficient (Wildman–Crippen LogP) is 2.05. The fourth-order valence-corrected chi connectivity index (χ4v) is 2.01. The Labute approximate surface area is 144 Å². The number of carbonyl (C=O) groups excluding carboxylic acids is 3. The molecule has 25 heavy (non-hydrogen) atoms. The number of ether oxygens (including phenoxy) is 1. The number of anilines is 1. The molecule has 0 unspecified atom stereocenters. The molecule has 130 valence electrons. The van der Waals surface area contributed by atoms with Crippen LogP contribution in [0.3, 0.4) is 0 Å². The van der Waals surface area contributed by atoms with Crippen molar-refractivity contribution in [2.45, 2.75) is 6.92 Å². The second-order valence-electron chi connectivity index (χ2n) is 5.24. The van der Waals surface area contributed by atoms with Crippen LogP contribution in [-0.4, -0.2) is 30.9 Å². The van der Waals surface area contributed by atoms with Gasteiger partial charge in [-0.2, -0.15) is 0 Å². The Morgan fingerprint density at radius 2 is 1.84 bits per heavy atom. The van der Waals surface area contributed by atoms with Gasteiger partial charge in [-0.15, -0.1) is 0 Å². The molecule has 2 aromatic carbocycles. The summed E-state index contributed by atoms with van der Waals surface area (Å²) in [4.78, 5) is 35.0. The number of rotatable bonds is 6. The van der Waals surface area contributed by atoms with Gasteiger partial charge in [0.25, 0.3) is 11.8 Å². The van der Waals surface area contributed by atoms with Crippen molar-refractivity contribution in [3.05, 3.63) is 65.5 Å². The standard InChI is InChI=1S/C18H17FN2O4/c1-12-5-4-6-13(9-12)21-16(22)11-25-17(23)10-20-18(24)14-7-2-3-8-15(14)19/h2-9H,10-11H2,1H3,(H,20,24)(H,21,22). The number of hydrogen-bond donors (Lipinski definition) is 2. The number of esters is 1. The van der Waals surface area contributed by atoms with E-state index in [0.717, 1.165) is 11.6 Å². The summed E-state index contributed by atoms with van der Waals surface area (Å²) >= 11 is 0. The first-order valence-electron chi connectivity index (χ1n) is 7.50. The van der Waals surface area contributed by atoms with Crippen molar-refractivity contribution >= 4 is 23.5 Å². The maximum atomic E-state index is 13.4. The number of benzene rings is 2. The third-order valence-electron chi connectivity index (χ3n) is 3.18. The number of hydrogen-bond acceptors (Lipinski definition) is 4. The molecule has 7 heteroatoms. The summed E-state index contributed by atoms with van der Waals surface area (Å²) in [5.74, 6) is -2.73. The zero-order valence-electron chi connectivity index (χ0n) is 13.5. The molecule has 2 amide bonds. The van der Waals surface area contributed by atoms with E-state index in [9.17, 15) is 18.8 Å². The van der Waals surface area contributed by atoms with Crippen molar-refractivity contribution < 1.29 is 23.5 Å². The molecule has 6 nitrogen and oxygen atoms in total. The first-order chi connectivity index (χ1) is 12.0. The third-order valence-corrected chi connectivity index (χ3v) is 3.18. The normalized spacial score (nSPS) is 10.0. The molecule has 2 N–H and O–H groups in total. The van der Waals surface area contributed by atoms with Gasteiger partial charge in [0.1, 0.15) is 12.4 Å². The van der Waals surface area contributed by atoms with E-state index in [2.05, 4.69) is 10.6 Å². The molecule has 0 bridgehead atoms. The molecule has 0 heterocycles. The summed E-state index contributed by atoms with van der Waals surface area (Å²) in [5, 5.41) is 4.82. The minimum absolute atomic E-state index is 0.174. The average Bonchev–Trinajstić information content (AvgIpc) is 2.58. The van der Waals surface area contributed by atoms with Gasteiger partial charge in [0.15, 0.2) is 6.61 Å². The second kappa shape index (κ2) is 8.58. The molecule has 0 aliphatic rings. The molecule has 0 spiro atoms. The van der Waals surface area contributed by atoms with Crippen LogP contribution in [0.1, 0.15) is 15.9 Å². The molecule has 2 aromatic rings. The molecular weight excluding hydrogens is 327 g/mol. The zero-order chi connectivity index (χ0) is 18.2. The van der Waals surface area contributed by atoms with Crippen molar-refractivity contribution in [1.29, 1.82) is 0 Å². The summed E-state index contributed by atoms with van der Waals surface area (Å²) in [7, 11) is 0. The van der Waals surface area contributed by atoms with Crippen LogP contribution < -0.4 is 10.6 Å². The summed E-state index contributed by atoms with van der Waals surface area (Å²) in [6, 6.07) is 12.5. The highest BCUT2D eigenvalue weighted by atomic mass is 19.1. The van der Waals surface area contributed by atoms with E-state index in [1.54, 1.807) is 18.2 Å². The highest BCUT2D eigenvalue weighted by Gasteiger charge is 2.13. The molecular formula is C18H17FN2O4. The molecule has 0 aromatic heterocycles. The Kier molecular flexibility index (Phi) is 6.22. The van der Waals surface area contributed by atoms with E-state index in [4.69, 9.17) is 4.74 Å². The fourth-order valence-electron chi connectivity index (χ4n) is 2.01. The smallest absolute Gasteiger partial charge is 0.325 e. The minimum atomic E-state index is -0.802. The summed E-state index contributed by atoms with van der Waals surface area (Å²) in [5.41, 5.74) is 1.40. The van der Waals surface area contributed by atoms with Crippen molar-refractivity contribution in [3.8, 4) is 0 Å². The van der Waals surface area contributed by atoms with Crippen LogP contribution in [0.25, 0.3) is 0 Å². The van der Waals surface area contributed by atoms with E-state index >= 15 is 0 Å². The van der Waals surface area contributed by atoms with Crippen LogP contribution in [0.4, 0.5) is 10.1 Å². The minimum Gasteiger partial charge on any atom is -0.454 e. The van der Waals surface area contributed by atoms with Crippen molar-refractivity contribution in [1.82, 2.24) is 5.32 Å². The van der Waals surface area contributed by atoms with E-state index in [0.29, 0.717) is 5.69 Å². The number of amides is 2. The largest absolute Gasteiger partial charge is 0.454 e. The Bertz CT molecular complexity index is 792. The first kappa shape index (κ1) is 18.1. The van der Waals surface area contributed by atoms with Gasteiger partial charge in [0.2, 0.25) is 0 Å². The maximum Gasteiger partial charge on any atom is 0.325 e. The number of halogens is 1. The number of carbonyl (C=O) groups is 3. The van der Waals surface area contributed by atoms with Crippen molar-refractivity contribution in [2.24, 2.45) is 0 Å². The van der Waals surface area contributed by atoms with Gasteiger partial charge < -0.3 is 15.4 Å². The summed E-state index contributed by atoms with van der Waals surface area (Å²) in [6.07, 6.45) is 0. The monoisotopic (exact) mass is 344 g/mol. The highest BCUT2D eigenvalue weighted by Crippen LogP contribution is 2.09. The van der Waals surface area contributed by atoms with Gasteiger partial charge in [-0.3, -0.25) is 14.4 Å².